The third-order valence-corrected chi connectivity index (χ3v) is 2.71. The largest absolute Gasteiger partial charge is 0.333 e. The second kappa shape index (κ2) is 5.32. The summed E-state index contributed by atoms with van der Waals surface area (Å²) in [5.74, 6) is 0.0444. The Morgan fingerprint density at radius 3 is 2.18 bits per heavy atom. The molecule has 17 heavy (non-hydrogen) atoms. The number of carbonyl (C=O) groups is 1. The number of aryl methyl sites for hydroxylation is 1. The monoisotopic (exact) mass is 234 g/mol. The van der Waals surface area contributed by atoms with Crippen LogP contribution in [0.4, 0.5) is 0 Å². The number of nitrogens with two attached hydrogens (primary N) is 1. The van der Waals surface area contributed by atoms with Crippen molar-refractivity contribution in [2.24, 2.45) is 5.73 Å². The van der Waals surface area contributed by atoms with E-state index in [-0.39, 0.29) is 11.4 Å². The zero-order valence-electron chi connectivity index (χ0n) is 11.2. The van der Waals surface area contributed by atoms with Crippen molar-refractivity contribution >= 4 is 5.91 Å². The third-order valence-electron chi connectivity index (χ3n) is 2.71. The van der Waals surface area contributed by atoms with Gasteiger partial charge in [0.2, 0.25) is 0 Å². The SMILES string of the molecule is Cc1ccc(C(=O)N(CCN)C(C)(C)C)cc1. The van der Waals surface area contributed by atoms with Crippen LogP contribution in [0, 0.1) is 6.92 Å². The Kier molecular flexibility index (Phi) is 4.29. The molecule has 0 spiro atoms. The summed E-state index contributed by atoms with van der Waals surface area (Å²) in [4.78, 5) is 14.2. The van der Waals surface area contributed by atoms with Gasteiger partial charge >= 0.3 is 0 Å². The molecule has 2 N–H and O–H groups in total. The summed E-state index contributed by atoms with van der Waals surface area (Å²) >= 11 is 0. The Bertz CT molecular complexity index is 376. The molecule has 3 nitrogen and oxygen atoms in total. The van der Waals surface area contributed by atoms with Gasteiger partial charge in [-0.1, -0.05) is 17.7 Å². The van der Waals surface area contributed by atoms with Gasteiger partial charge in [-0.3, -0.25) is 4.79 Å². The zero-order valence-corrected chi connectivity index (χ0v) is 11.2. The van der Waals surface area contributed by atoms with E-state index in [9.17, 15) is 4.79 Å². The van der Waals surface area contributed by atoms with E-state index in [1.54, 1.807) is 0 Å². The van der Waals surface area contributed by atoms with Gasteiger partial charge in [0.15, 0.2) is 0 Å². The van der Waals surface area contributed by atoms with E-state index < -0.39 is 0 Å². The van der Waals surface area contributed by atoms with Crippen LogP contribution in [0.1, 0.15) is 36.7 Å². The molecule has 0 aliphatic heterocycles. The zero-order chi connectivity index (χ0) is 13.1. The van der Waals surface area contributed by atoms with E-state index in [1.165, 1.54) is 0 Å². The van der Waals surface area contributed by atoms with Gasteiger partial charge in [0, 0.05) is 24.2 Å². The van der Waals surface area contributed by atoms with Crippen LogP contribution >= 0.6 is 0 Å². The minimum Gasteiger partial charge on any atom is -0.333 e. The van der Waals surface area contributed by atoms with Gasteiger partial charge in [-0.05, 0) is 39.8 Å². The number of hydrogen-bond acceptors (Lipinski definition) is 2. The highest BCUT2D eigenvalue weighted by molar-refractivity contribution is 5.94. The lowest BCUT2D eigenvalue weighted by Gasteiger charge is -2.35. The molecule has 0 bridgehead atoms. The summed E-state index contributed by atoms with van der Waals surface area (Å²) in [5.41, 5.74) is 7.24. The van der Waals surface area contributed by atoms with Gasteiger partial charge in [0.25, 0.3) is 5.91 Å². The molecule has 0 atom stereocenters. The number of amides is 1. The van der Waals surface area contributed by atoms with Crippen LogP contribution in [0.25, 0.3) is 0 Å². The molecule has 0 saturated carbocycles. The van der Waals surface area contributed by atoms with Crippen molar-refractivity contribution in [3.05, 3.63) is 35.4 Å². The maximum Gasteiger partial charge on any atom is 0.254 e. The number of nitrogens with zero attached hydrogens (tertiary/aromatic N) is 1. The van der Waals surface area contributed by atoms with Crippen LogP contribution < -0.4 is 5.73 Å². The minimum atomic E-state index is -0.207. The van der Waals surface area contributed by atoms with Crippen LogP contribution in [0.2, 0.25) is 0 Å². The summed E-state index contributed by atoms with van der Waals surface area (Å²) in [6.45, 7) is 9.14. The van der Waals surface area contributed by atoms with Crippen LogP contribution in [-0.2, 0) is 0 Å². The number of rotatable bonds is 3. The average Bonchev–Trinajstić information content (AvgIpc) is 2.24. The van der Waals surface area contributed by atoms with Crippen molar-refractivity contribution in [2.45, 2.75) is 33.2 Å². The molecule has 1 aromatic rings. The van der Waals surface area contributed by atoms with Crippen molar-refractivity contribution < 1.29 is 4.79 Å². The molecule has 0 aliphatic carbocycles. The molecule has 0 radical (unpaired) electrons. The van der Waals surface area contributed by atoms with Crippen LogP contribution in [0.5, 0.6) is 0 Å². The Balaban J connectivity index is 2.96. The van der Waals surface area contributed by atoms with Gasteiger partial charge in [0.05, 0.1) is 0 Å². The molecule has 0 aromatic heterocycles. The van der Waals surface area contributed by atoms with Gasteiger partial charge in [0.1, 0.15) is 0 Å². The maximum absolute atomic E-state index is 12.4. The predicted octanol–water partition coefficient (Wildman–Crippen LogP) is 2.19. The number of hydrogen-bond donors (Lipinski definition) is 1. The van der Waals surface area contributed by atoms with E-state index in [1.807, 2.05) is 56.9 Å². The molecule has 3 heteroatoms. The maximum atomic E-state index is 12.4. The minimum absolute atomic E-state index is 0.0444. The fraction of sp³-hybridized carbons (Fsp3) is 0.500. The third kappa shape index (κ3) is 3.56. The van der Waals surface area contributed by atoms with Crippen LogP contribution in [-0.4, -0.2) is 29.4 Å². The second-order valence-corrected chi connectivity index (χ2v) is 5.28. The van der Waals surface area contributed by atoms with Crippen LogP contribution in [0.15, 0.2) is 24.3 Å². The molecular weight excluding hydrogens is 212 g/mol. The Hall–Kier alpha value is -1.35. The summed E-state index contributed by atoms with van der Waals surface area (Å²) < 4.78 is 0. The van der Waals surface area contributed by atoms with E-state index >= 15 is 0 Å². The summed E-state index contributed by atoms with van der Waals surface area (Å²) in [7, 11) is 0. The molecule has 0 fully saturated rings. The van der Waals surface area contributed by atoms with Gasteiger partial charge in [-0.25, -0.2) is 0 Å². The molecule has 1 aromatic carbocycles. The van der Waals surface area contributed by atoms with Crippen molar-refractivity contribution in [3.8, 4) is 0 Å². The van der Waals surface area contributed by atoms with Gasteiger partial charge in [-0.15, -0.1) is 0 Å². The van der Waals surface area contributed by atoms with Crippen molar-refractivity contribution in [3.63, 3.8) is 0 Å². The van der Waals surface area contributed by atoms with E-state index in [2.05, 4.69) is 0 Å². The lowest BCUT2D eigenvalue weighted by molar-refractivity contribution is 0.0591. The first-order valence-corrected chi connectivity index (χ1v) is 5.95. The highest BCUT2D eigenvalue weighted by Gasteiger charge is 2.26. The summed E-state index contributed by atoms with van der Waals surface area (Å²) in [6.07, 6.45) is 0. The first-order valence-electron chi connectivity index (χ1n) is 5.95. The number of benzene rings is 1. The molecule has 1 rings (SSSR count). The fourth-order valence-electron chi connectivity index (χ4n) is 1.72. The van der Waals surface area contributed by atoms with Crippen molar-refractivity contribution in [1.29, 1.82) is 0 Å². The normalized spacial score (nSPS) is 11.4. The quantitative estimate of drug-likeness (QED) is 0.871. The molecular formula is C14H22N2O. The topological polar surface area (TPSA) is 46.3 Å². The van der Waals surface area contributed by atoms with Gasteiger partial charge in [-0.2, -0.15) is 0 Å². The molecule has 1 amide bonds. The summed E-state index contributed by atoms with van der Waals surface area (Å²) in [6, 6.07) is 7.65. The van der Waals surface area contributed by atoms with E-state index in [0.717, 1.165) is 11.1 Å². The van der Waals surface area contributed by atoms with Crippen LogP contribution in [0.3, 0.4) is 0 Å². The van der Waals surface area contributed by atoms with Crippen molar-refractivity contribution in [1.82, 2.24) is 4.90 Å². The molecule has 0 saturated heterocycles. The smallest absolute Gasteiger partial charge is 0.254 e. The standard InChI is InChI=1S/C14H22N2O/c1-11-5-7-12(8-6-11)13(17)16(10-9-15)14(2,3)4/h5-8H,9-10,15H2,1-4H3. The Morgan fingerprint density at radius 1 is 1.24 bits per heavy atom. The summed E-state index contributed by atoms with van der Waals surface area (Å²) in [5, 5.41) is 0. The highest BCUT2D eigenvalue weighted by atomic mass is 16.2. The molecule has 0 aliphatic rings. The van der Waals surface area contributed by atoms with E-state index in [4.69, 9.17) is 5.73 Å². The van der Waals surface area contributed by atoms with Crippen molar-refractivity contribution in [2.75, 3.05) is 13.1 Å². The predicted molar refractivity (Wildman–Crippen MR) is 71.0 cm³/mol. The molecule has 0 heterocycles. The number of carbonyl (C=O) groups excluding carboxylic acids is 1. The highest BCUT2D eigenvalue weighted by Crippen LogP contribution is 2.17. The Labute approximate surface area is 104 Å². The average molecular weight is 234 g/mol. The second-order valence-electron chi connectivity index (χ2n) is 5.28. The first-order chi connectivity index (χ1) is 7.86. The van der Waals surface area contributed by atoms with Gasteiger partial charge < -0.3 is 10.6 Å². The van der Waals surface area contributed by atoms with E-state index in [0.29, 0.717) is 13.1 Å². The first kappa shape index (κ1) is 13.7. The molecule has 94 valence electrons. The lowest BCUT2D eigenvalue weighted by Crippen LogP contribution is -2.47. The Morgan fingerprint density at radius 2 is 1.76 bits per heavy atom. The molecule has 0 unspecified atom stereocenters. The lowest BCUT2D eigenvalue weighted by atomic mass is 10.0. The fourth-order valence-corrected chi connectivity index (χ4v) is 1.72.